The maximum Gasteiger partial charge on any atom is 0.165 e. The molecule has 0 saturated carbocycles. The number of benzene rings is 1. The van der Waals surface area contributed by atoms with E-state index >= 15 is 0 Å². The summed E-state index contributed by atoms with van der Waals surface area (Å²) in [4.78, 5) is 7.35. The van der Waals surface area contributed by atoms with Crippen molar-refractivity contribution in [2.45, 2.75) is 45.7 Å². The van der Waals surface area contributed by atoms with Gasteiger partial charge in [0.1, 0.15) is 24.8 Å². The lowest BCUT2D eigenvalue weighted by atomic mass is 9.95. The minimum absolute atomic E-state index is 0.0915. The fourth-order valence-electron chi connectivity index (χ4n) is 5.48. The summed E-state index contributed by atoms with van der Waals surface area (Å²) in [7, 11) is 0. The Morgan fingerprint density at radius 1 is 1.03 bits per heavy atom. The quantitative estimate of drug-likeness (QED) is 0.461. The van der Waals surface area contributed by atoms with Crippen LogP contribution in [0.25, 0.3) is 11.0 Å². The standard InChI is InChI=1S/C29H29N3O2/c1-20-21(2)32(28(23-9-4-3-5-10-23)26-19-33-16-17-34-26)29-25(12-14-30-27(20)29)31-15-13-22-8-6-7-11-24(22)18-31/h3-4,6-9,11-12,14,16-17,19,28H,5,10,13,15,18H2,1-2H3. The van der Waals surface area contributed by atoms with Gasteiger partial charge in [-0.15, -0.1) is 0 Å². The number of hydrogen-bond acceptors (Lipinski definition) is 4. The number of anilines is 1. The molecule has 0 saturated heterocycles. The van der Waals surface area contributed by atoms with Crippen LogP contribution in [0.4, 0.5) is 5.69 Å². The second-order valence-corrected chi connectivity index (χ2v) is 9.21. The molecule has 1 atom stereocenters. The lowest BCUT2D eigenvalue weighted by molar-refractivity contribution is 0.227. The topological polar surface area (TPSA) is 39.5 Å². The van der Waals surface area contributed by atoms with E-state index in [1.807, 2.05) is 6.20 Å². The van der Waals surface area contributed by atoms with Gasteiger partial charge in [0, 0.05) is 25.0 Å². The Labute approximate surface area is 200 Å². The fraction of sp³-hybridized carbons (Fsp3) is 0.276. The molecule has 3 aromatic rings. The van der Waals surface area contributed by atoms with Crippen molar-refractivity contribution in [2.75, 3.05) is 11.4 Å². The van der Waals surface area contributed by atoms with Crippen molar-refractivity contribution in [3.8, 4) is 0 Å². The molecule has 1 unspecified atom stereocenters. The van der Waals surface area contributed by atoms with Crippen LogP contribution in [0.3, 0.4) is 0 Å². The third-order valence-electron chi connectivity index (χ3n) is 7.32. The molecule has 1 aliphatic carbocycles. The molecular formula is C29H29N3O2. The molecule has 0 bridgehead atoms. The van der Waals surface area contributed by atoms with Crippen LogP contribution in [0.2, 0.25) is 0 Å². The van der Waals surface area contributed by atoms with Crippen LogP contribution in [0, 0.1) is 13.8 Å². The minimum atomic E-state index is -0.0915. The van der Waals surface area contributed by atoms with Crippen LogP contribution >= 0.6 is 0 Å². The molecule has 6 rings (SSSR count). The molecule has 0 radical (unpaired) electrons. The van der Waals surface area contributed by atoms with E-state index in [9.17, 15) is 0 Å². The fourth-order valence-corrected chi connectivity index (χ4v) is 5.48. The van der Waals surface area contributed by atoms with Gasteiger partial charge in [-0.25, -0.2) is 0 Å². The molecule has 34 heavy (non-hydrogen) atoms. The molecule has 1 aromatic carbocycles. The lowest BCUT2D eigenvalue weighted by Gasteiger charge is -2.33. The molecule has 4 heterocycles. The van der Waals surface area contributed by atoms with Crippen LogP contribution in [-0.2, 0) is 22.4 Å². The first-order valence-electron chi connectivity index (χ1n) is 12.0. The zero-order valence-corrected chi connectivity index (χ0v) is 19.7. The van der Waals surface area contributed by atoms with Crippen LogP contribution < -0.4 is 4.90 Å². The highest BCUT2D eigenvalue weighted by molar-refractivity contribution is 5.93. The second kappa shape index (κ2) is 8.56. The van der Waals surface area contributed by atoms with Gasteiger partial charge in [0.2, 0.25) is 0 Å². The largest absolute Gasteiger partial charge is 0.466 e. The van der Waals surface area contributed by atoms with Gasteiger partial charge in [-0.2, -0.15) is 0 Å². The van der Waals surface area contributed by atoms with Gasteiger partial charge >= 0.3 is 0 Å². The van der Waals surface area contributed by atoms with Gasteiger partial charge in [-0.3, -0.25) is 4.98 Å². The highest BCUT2D eigenvalue weighted by Crippen LogP contribution is 2.42. The summed E-state index contributed by atoms with van der Waals surface area (Å²) >= 11 is 0. The molecule has 5 nitrogen and oxygen atoms in total. The van der Waals surface area contributed by atoms with Crippen molar-refractivity contribution in [2.24, 2.45) is 0 Å². The highest BCUT2D eigenvalue weighted by atomic mass is 16.5. The van der Waals surface area contributed by atoms with E-state index in [0.29, 0.717) is 0 Å². The van der Waals surface area contributed by atoms with Gasteiger partial charge in [-0.05, 0) is 61.4 Å². The number of fused-ring (bicyclic) bond motifs is 2. The van der Waals surface area contributed by atoms with Crippen LogP contribution in [0.5, 0.6) is 0 Å². The number of ether oxygens (including phenoxy) is 2. The van der Waals surface area contributed by atoms with Crippen LogP contribution in [0.1, 0.15) is 41.3 Å². The number of aryl methyl sites for hydroxylation is 1. The molecule has 5 heteroatoms. The van der Waals surface area contributed by atoms with Crippen LogP contribution in [-0.4, -0.2) is 16.1 Å². The molecule has 0 amide bonds. The maximum absolute atomic E-state index is 6.03. The summed E-state index contributed by atoms with van der Waals surface area (Å²) in [6.07, 6.45) is 16.5. The Bertz CT molecular complexity index is 1380. The van der Waals surface area contributed by atoms with Crippen molar-refractivity contribution in [1.82, 2.24) is 9.55 Å². The molecular weight excluding hydrogens is 422 g/mol. The van der Waals surface area contributed by atoms with Gasteiger partial charge in [0.15, 0.2) is 5.76 Å². The Hall–Kier alpha value is -3.73. The Kier molecular flexibility index (Phi) is 5.25. The smallest absolute Gasteiger partial charge is 0.165 e. The highest BCUT2D eigenvalue weighted by Gasteiger charge is 2.31. The predicted octanol–water partition coefficient (Wildman–Crippen LogP) is 6.39. The molecule has 0 spiro atoms. The summed E-state index contributed by atoms with van der Waals surface area (Å²) < 4.78 is 14.0. The number of nitrogens with zero attached hydrogens (tertiary/aromatic N) is 3. The SMILES string of the molecule is Cc1c(C)n(C(C2=CC=CCC2)C2=COC=CO2)c2c(N3CCc4ccccc4C3)ccnc12. The molecule has 2 aliphatic heterocycles. The zero-order valence-electron chi connectivity index (χ0n) is 19.7. The first kappa shape index (κ1) is 20.8. The van der Waals surface area contributed by atoms with E-state index in [4.69, 9.17) is 14.5 Å². The average Bonchev–Trinajstić information content (AvgIpc) is 3.15. The molecule has 3 aliphatic rings. The van der Waals surface area contributed by atoms with Crippen molar-refractivity contribution in [3.63, 3.8) is 0 Å². The van der Waals surface area contributed by atoms with E-state index in [2.05, 4.69) is 71.9 Å². The molecule has 0 N–H and O–H groups in total. The zero-order chi connectivity index (χ0) is 23.1. The van der Waals surface area contributed by atoms with Gasteiger partial charge in [0.25, 0.3) is 0 Å². The second-order valence-electron chi connectivity index (χ2n) is 9.21. The Balaban J connectivity index is 1.55. The average molecular weight is 452 g/mol. The minimum Gasteiger partial charge on any atom is -0.466 e. The van der Waals surface area contributed by atoms with Crippen molar-refractivity contribution < 1.29 is 9.47 Å². The van der Waals surface area contributed by atoms with E-state index in [0.717, 1.165) is 49.1 Å². The summed E-state index contributed by atoms with van der Waals surface area (Å²) in [5.41, 5.74) is 10.0. The Morgan fingerprint density at radius 3 is 2.71 bits per heavy atom. The predicted molar refractivity (Wildman–Crippen MR) is 135 cm³/mol. The molecule has 172 valence electrons. The lowest BCUT2D eigenvalue weighted by Crippen LogP contribution is -2.31. The number of pyridine rings is 1. The monoisotopic (exact) mass is 451 g/mol. The van der Waals surface area contributed by atoms with Gasteiger partial charge in [0.05, 0.1) is 16.7 Å². The third kappa shape index (κ3) is 3.43. The number of aromatic nitrogens is 2. The summed E-state index contributed by atoms with van der Waals surface area (Å²) in [6.45, 7) is 6.26. The summed E-state index contributed by atoms with van der Waals surface area (Å²) in [5.74, 6) is 0.794. The van der Waals surface area contributed by atoms with Crippen LogP contribution in [0.15, 0.2) is 84.9 Å². The van der Waals surface area contributed by atoms with E-state index in [1.54, 1.807) is 18.8 Å². The van der Waals surface area contributed by atoms with Gasteiger partial charge in [-0.1, -0.05) is 42.5 Å². The first-order chi connectivity index (χ1) is 16.7. The van der Waals surface area contributed by atoms with Crippen molar-refractivity contribution in [1.29, 1.82) is 0 Å². The normalized spacial score (nSPS) is 18.1. The number of hydrogen-bond donors (Lipinski definition) is 0. The number of rotatable bonds is 4. The maximum atomic E-state index is 6.03. The summed E-state index contributed by atoms with van der Waals surface area (Å²) in [6, 6.07) is 10.9. The Morgan fingerprint density at radius 2 is 1.91 bits per heavy atom. The number of allylic oxidation sites excluding steroid dienone is 4. The van der Waals surface area contributed by atoms with E-state index < -0.39 is 0 Å². The molecule has 0 fully saturated rings. The van der Waals surface area contributed by atoms with Gasteiger partial charge < -0.3 is 18.9 Å². The van der Waals surface area contributed by atoms with Crippen molar-refractivity contribution in [3.05, 3.63) is 107 Å². The first-order valence-corrected chi connectivity index (χ1v) is 12.0. The molecule has 2 aromatic heterocycles. The van der Waals surface area contributed by atoms with E-state index in [1.165, 1.54) is 33.6 Å². The third-order valence-corrected chi connectivity index (χ3v) is 7.32. The van der Waals surface area contributed by atoms with Crippen molar-refractivity contribution >= 4 is 16.7 Å². The summed E-state index contributed by atoms with van der Waals surface area (Å²) in [5, 5.41) is 0. The van der Waals surface area contributed by atoms with E-state index in [-0.39, 0.29) is 6.04 Å².